The first kappa shape index (κ1) is 12.4. The lowest BCUT2D eigenvalue weighted by Crippen LogP contribution is -2.24. The number of hydrogen-bond acceptors (Lipinski definition) is 2. The van der Waals surface area contributed by atoms with Crippen molar-refractivity contribution >= 4 is 38.7 Å². The van der Waals surface area contributed by atoms with Gasteiger partial charge in [0.15, 0.2) is 5.65 Å². The lowest BCUT2D eigenvalue weighted by molar-refractivity contribution is 0.223. The van der Waals surface area contributed by atoms with Crippen molar-refractivity contribution < 1.29 is 0 Å². The summed E-state index contributed by atoms with van der Waals surface area (Å²) in [5.41, 5.74) is 1.87. The number of alkyl halides is 1. The molecular formula is C13H15BrClN3. The van der Waals surface area contributed by atoms with Crippen molar-refractivity contribution in [3.05, 3.63) is 22.6 Å². The molecule has 0 spiro atoms. The minimum Gasteiger partial charge on any atom is -0.309 e. The third-order valence-electron chi connectivity index (χ3n) is 3.93. The van der Waals surface area contributed by atoms with Gasteiger partial charge in [0.2, 0.25) is 0 Å². The number of pyridine rings is 1. The Hall–Kier alpha value is -0.610. The molecular weight excluding hydrogens is 314 g/mol. The van der Waals surface area contributed by atoms with E-state index in [2.05, 4.69) is 37.4 Å². The van der Waals surface area contributed by atoms with E-state index in [-0.39, 0.29) is 0 Å². The Kier molecular flexibility index (Phi) is 3.32. The molecule has 18 heavy (non-hydrogen) atoms. The van der Waals surface area contributed by atoms with E-state index in [4.69, 9.17) is 11.6 Å². The maximum atomic E-state index is 6.03. The predicted octanol–water partition coefficient (Wildman–Crippen LogP) is 4.29. The summed E-state index contributed by atoms with van der Waals surface area (Å²) in [4.78, 5) is 9.10. The van der Waals surface area contributed by atoms with E-state index in [9.17, 15) is 0 Å². The van der Waals surface area contributed by atoms with Crippen LogP contribution in [0, 0.1) is 5.92 Å². The zero-order chi connectivity index (χ0) is 12.7. The molecule has 0 aromatic carbocycles. The summed E-state index contributed by atoms with van der Waals surface area (Å²) in [6, 6.07) is 2.44. The van der Waals surface area contributed by atoms with Crippen LogP contribution in [0.15, 0.2) is 16.7 Å². The van der Waals surface area contributed by atoms with Crippen LogP contribution in [0.25, 0.3) is 11.2 Å². The Morgan fingerprint density at radius 3 is 2.94 bits per heavy atom. The minimum absolute atomic E-state index is 0.436. The molecule has 2 heterocycles. The molecule has 96 valence electrons. The second-order valence-electron chi connectivity index (χ2n) is 4.96. The lowest BCUT2D eigenvalue weighted by atomic mass is 9.80. The maximum Gasteiger partial charge on any atom is 0.160 e. The monoisotopic (exact) mass is 327 g/mol. The first-order valence-electron chi connectivity index (χ1n) is 6.29. The Balaban J connectivity index is 2.12. The fourth-order valence-corrected chi connectivity index (χ4v) is 3.17. The molecule has 1 atom stereocenters. The zero-order valence-corrected chi connectivity index (χ0v) is 12.6. The predicted molar refractivity (Wildman–Crippen MR) is 76.8 cm³/mol. The molecule has 0 bridgehead atoms. The molecule has 1 aliphatic rings. The SMILES string of the molecule is CC(C1CCC1)n1c(CCl)nc2cc(Br)cnc21. The van der Waals surface area contributed by atoms with Crippen molar-refractivity contribution in [2.75, 3.05) is 0 Å². The molecule has 0 radical (unpaired) electrons. The second-order valence-corrected chi connectivity index (χ2v) is 6.14. The Morgan fingerprint density at radius 1 is 1.56 bits per heavy atom. The van der Waals surface area contributed by atoms with E-state index in [1.165, 1.54) is 19.3 Å². The van der Waals surface area contributed by atoms with E-state index >= 15 is 0 Å². The van der Waals surface area contributed by atoms with E-state index in [1.807, 2.05) is 12.3 Å². The molecule has 0 N–H and O–H groups in total. The zero-order valence-electron chi connectivity index (χ0n) is 10.2. The quantitative estimate of drug-likeness (QED) is 0.787. The smallest absolute Gasteiger partial charge is 0.160 e. The normalized spacial score (nSPS) is 17.9. The van der Waals surface area contributed by atoms with Gasteiger partial charge in [-0.1, -0.05) is 6.42 Å². The summed E-state index contributed by atoms with van der Waals surface area (Å²) in [6.45, 7) is 2.25. The number of fused-ring (bicyclic) bond motifs is 1. The summed E-state index contributed by atoms with van der Waals surface area (Å²) in [5, 5.41) is 0. The van der Waals surface area contributed by atoms with Crippen molar-refractivity contribution in [3.8, 4) is 0 Å². The van der Waals surface area contributed by atoms with Crippen molar-refractivity contribution in [3.63, 3.8) is 0 Å². The van der Waals surface area contributed by atoms with Gasteiger partial charge in [0.25, 0.3) is 0 Å². The number of halogens is 2. The molecule has 3 nitrogen and oxygen atoms in total. The summed E-state index contributed by atoms with van der Waals surface area (Å²) in [6.07, 6.45) is 5.78. The number of nitrogens with zero attached hydrogens (tertiary/aromatic N) is 3. The summed E-state index contributed by atoms with van der Waals surface area (Å²) >= 11 is 9.46. The number of rotatable bonds is 3. The summed E-state index contributed by atoms with van der Waals surface area (Å²) < 4.78 is 3.18. The summed E-state index contributed by atoms with van der Waals surface area (Å²) in [7, 11) is 0. The molecule has 2 aromatic heterocycles. The van der Waals surface area contributed by atoms with Gasteiger partial charge in [-0.3, -0.25) is 0 Å². The van der Waals surface area contributed by atoms with Crippen LogP contribution in [-0.2, 0) is 5.88 Å². The fraction of sp³-hybridized carbons (Fsp3) is 0.538. The average molecular weight is 329 g/mol. The highest BCUT2D eigenvalue weighted by Crippen LogP contribution is 2.38. The van der Waals surface area contributed by atoms with Gasteiger partial charge in [-0.05, 0) is 47.7 Å². The Bertz CT molecular complexity index is 577. The van der Waals surface area contributed by atoms with Crippen molar-refractivity contribution in [2.24, 2.45) is 5.92 Å². The van der Waals surface area contributed by atoms with Gasteiger partial charge in [-0.2, -0.15) is 0 Å². The van der Waals surface area contributed by atoms with Gasteiger partial charge in [0.05, 0.1) is 5.88 Å². The molecule has 1 fully saturated rings. The van der Waals surface area contributed by atoms with Crippen LogP contribution in [0.2, 0.25) is 0 Å². The third kappa shape index (κ3) is 1.95. The van der Waals surface area contributed by atoms with E-state index in [0.717, 1.165) is 27.4 Å². The largest absolute Gasteiger partial charge is 0.309 e. The minimum atomic E-state index is 0.436. The van der Waals surface area contributed by atoms with Crippen LogP contribution in [0.4, 0.5) is 0 Å². The summed E-state index contributed by atoms with van der Waals surface area (Å²) in [5.74, 6) is 2.11. The van der Waals surface area contributed by atoms with Gasteiger partial charge in [-0.15, -0.1) is 11.6 Å². The van der Waals surface area contributed by atoms with Gasteiger partial charge in [0.1, 0.15) is 11.3 Å². The first-order valence-corrected chi connectivity index (χ1v) is 7.61. The second kappa shape index (κ2) is 4.82. The van der Waals surface area contributed by atoms with Gasteiger partial charge in [0, 0.05) is 16.7 Å². The van der Waals surface area contributed by atoms with Crippen LogP contribution in [0.3, 0.4) is 0 Å². The molecule has 1 saturated carbocycles. The van der Waals surface area contributed by atoms with Gasteiger partial charge >= 0.3 is 0 Å². The Labute approximate surface area is 120 Å². The van der Waals surface area contributed by atoms with Crippen LogP contribution in [0.1, 0.15) is 38.1 Å². The number of hydrogen-bond donors (Lipinski definition) is 0. The first-order chi connectivity index (χ1) is 8.70. The van der Waals surface area contributed by atoms with Crippen molar-refractivity contribution in [2.45, 2.75) is 38.1 Å². The van der Waals surface area contributed by atoms with Crippen LogP contribution in [0.5, 0.6) is 0 Å². The fourth-order valence-electron chi connectivity index (χ4n) is 2.66. The topological polar surface area (TPSA) is 30.7 Å². The highest BCUT2D eigenvalue weighted by atomic mass is 79.9. The highest BCUT2D eigenvalue weighted by Gasteiger charge is 2.28. The molecule has 0 aliphatic heterocycles. The van der Waals surface area contributed by atoms with Crippen molar-refractivity contribution in [1.29, 1.82) is 0 Å². The van der Waals surface area contributed by atoms with Crippen LogP contribution in [-0.4, -0.2) is 14.5 Å². The average Bonchev–Trinajstić information content (AvgIpc) is 2.63. The van der Waals surface area contributed by atoms with Crippen LogP contribution < -0.4 is 0 Å². The standard InChI is InChI=1S/C13H15BrClN3/c1-8(9-3-2-4-9)18-12(6-15)17-11-5-10(14)7-16-13(11)18/h5,7-9H,2-4,6H2,1H3. The molecule has 3 rings (SSSR count). The van der Waals surface area contributed by atoms with Gasteiger partial charge < -0.3 is 4.57 Å². The van der Waals surface area contributed by atoms with E-state index < -0.39 is 0 Å². The molecule has 0 amide bonds. The van der Waals surface area contributed by atoms with E-state index in [1.54, 1.807) is 0 Å². The lowest BCUT2D eigenvalue weighted by Gasteiger charge is -2.33. The molecule has 5 heteroatoms. The maximum absolute atomic E-state index is 6.03. The highest BCUT2D eigenvalue weighted by molar-refractivity contribution is 9.10. The number of imidazole rings is 1. The van der Waals surface area contributed by atoms with Crippen LogP contribution >= 0.6 is 27.5 Å². The molecule has 2 aromatic rings. The third-order valence-corrected chi connectivity index (χ3v) is 4.60. The van der Waals surface area contributed by atoms with E-state index in [0.29, 0.717) is 11.9 Å². The molecule has 0 saturated heterocycles. The number of aromatic nitrogens is 3. The molecule has 1 aliphatic carbocycles. The van der Waals surface area contributed by atoms with Gasteiger partial charge in [-0.25, -0.2) is 9.97 Å². The van der Waals surface area contributed by atoms with Crippen molar-refractivity contribution in [1.82, 2.24) is 14.5 Å². The Morgan fingerprint density at radius 2 is 2.33 bits per heavy atom. The molecule has 1 unspecified atom stereocenters.